The minimum atomic E-state index is -0.144. The molecule has 0 saturated carbocycles. The Morgan fingerprint density at radius 1 is 1.45 bits per heavy atom. The molecule has 2 aliphatic heterocycles. The zero-order chi connectivity index (χ0) is 15.1. The number of nitrogens with zero attached hydrogens (tertiary/aromatic N) is 4. The van der Waals surface area contributed by atoms with Crippen LogP contribution in [0.5, 0.6) is 0 Å². The number of carbonyl (C=O) groups is 1. The number of hydrogen-bond donors (Lipinski definition) is 1. The smallest absolute Gasteiger partial charge is 0.265 e. The lowest BCUT2D eigenvalue weighted by molar-refractivity contribution is -0.135. The van der Waals surface area contributed by atoms with Gasteiger partial charge in [0, 0.05) is 25.3 Å². The summed E-state index contributed by atoms with van der Waals surface area (Å²) in [5.41, 5.74) is 0.377. The fourth-order valence-corrected chi connectivity index (χ4v) is 3.99. The highest BCUT2D eigenvalue weighted by Gasteiger charge is 2.30. The van der Waals surface area contributed by atoms with Gasteiger partial charge in [0.2, 0.25) is 5.91 Å². The SMILES string of the molecule is O=C(CC1CSc2nc3[nH]ncc3c(=O)n21)N1CCOCC1. The summed E-state index contributed by atoms with van der Waals surface area (Å²) in [6.45, 7) is 2.41. The van der Waals surface area contributed by atoms with Crippen LogP contribution in [0.4, 0.5) is 0 Å². The van der Waals surface area contributed by atoms with Gasteiger partial charge in [0.25, 0.3) is 5.56 Å². The molecule has 9 heteroatoms. The molecule has 2 aliphatic rings. The summed E-state index contributed by atoms with van der Waals surface area (Å²) >= 11 is 1.51. The minimum absolute atomic E-state index is 0.0703. The van der Waals surface area contributed by atoms with Crippen LogP contribution in [0.2, 0.25) is 0 Å². The van der Waals surface area contributed by atoms with Crippen molar-refractivity contribution in [3.05, 3.63) is 16.6 Å². The molecule has 1 saturated heterocycles. The largest absolute Gasteiger partial charge is 0.378 e. The molecular weight excluding hydrogens is 306 g/mol. The van der Waals surface area contributed by atoms with Gasteiger partial charge in [0.1, 0.15) is 5.39 Å². The van der Waals surface area contributed by atoms with Crippen LogP contribution in [0.1, 0.15) is 12.5 Å². The second-order valence-corrected chi connectivity index (χ2v) is 6.35. The molecule has 1 atom stereocenters. The average Bonchev–Trinajstić information content (AvgIpc) is 3.16. The van der Waals surface area contributed by atoms with Gasteiger partial charge in [-0.2, -0.15) is 5.10 Å². The third-order valence-corrected chi connectivity index (χ3v) is 5.12. The lowest BCUT2D eigenvalue weighted by atomic mass is 10.2. The van der Waals surface area contributed by atoms with Crippen LogP contribution in [-0.4, -0.2) is 62.6 Å². The Hall–Kier alpha value is -1.87. The van der Waals surface area contributed by atoms with Crippen LogP contribution >= 0.6 is 11.8 Å². The molecule has 1 unspecified atom stereocenters. The van der Waals surface area contributed by atoms with Crippen molar-refractivity contribution in [3.63, 3.8) is 0 Å². The maximum Gasteiger partial charge on any atom is 0.265 e. The molecule has 0 aromatic carbocycles. The molecule has 0 spiro atoms. The van der Waals surface area contributed by atoms with Gasteiger partial charge in [-0.15, -0.1) is 0 Å². The monoisotopic (exact) mass is 321 g/mol. The van der Waals surface area contributed by atoms with E-state index in [1.807, 2.05) is 0 Å². The van der Waals surface area contributed by atoms with Gasteiger partial charge in [0.05, 0.1) is 25.5 Å². The molecule has 4 heterocycles. The summed E-state index contributed by atoms with van der Waals surface area (Å²) in [6.07, 6.45) is 1.81. The third kappa shape index (κ3) is 2.20. The Morgan fingerprint density at radius 2 is 2.27 bits per heavy atom. The van der Waals surface area contributed by atoms with Crippen molar-refractivity contribution in [1.82, 2.24) is 24.6 Å². The van der Waals surface area contributed by atoms with E-state index in [0.29, 0.717) is 54.7 Å². The van der Waals surface area contributed by atoms with Gasteiger partial charge < -0.3 is 9.64 Å². The maximum absolute atomic E-state index is 12.6. The van der Waals surface area contributed by atoms with Crippen molar-refractivity contribution >= 4 is 28.7 Å². The Labute approximate surface area is 129 Å². The van der Waals surface area contributed by atoms with Crippen molar-refractivity contribution < 1.29 is 9.53 Å². The predicted molar refractivity (Wildman–Crippen MR) is 79.9 cm³/mol. The average molecular weight is 321 g/mol. The second-order valence-electron chi connectivity index (χ2n) is 5.36. The van der Waals surface area contributed by atoms with Gasteiger partial charge in [-0.1, -0.05) is 11.8 Å². The van der Waals surface area contributed by atoms with Gasteiger partial charge >= 0.3 is 0 Å². The van der Waals surface area contributed by atoms with Crippen LogP contribution in [0.25, 0.3) is 11.0 Å². The number of aromatic amines is 1. The van der Waals surface area contributed by atoms with Crippen LogP contribution in [-0.2, 0) is 9.53 Å². The van der Waals surface area contributed by atoms with E-state index in [2.05, 4.69) is 15.2 Å². The van der Waals surface area contributed by atoms with Crippen molar-refractivity contribution in [1.29, 1.82) is 0 Å². The number of rotatable bonds is 2. The van der Waals surface area contributed by atoms with E-state index in [1.165, 1.54) is 18.0 Å². The Balaban J connectivity index is 1.61. The first-order valence-electron chi connectivity index (χ1n) is 7.18. The molecule has 22 heavy (non-hydrogen) atoms. The molecule has 2 aromatic heterocycles. The van der Waals surface area contributed by atoms with E-state index in [9.17, 15) is 9.59 Å². The zero-order valence-electron chi connectivity index (χ0n) is 11.8. The number of amides is 1. The van der Waals surface area contributed by atoms with Crippen molar-refractivity contribution in [2.24, 2.45) is 0 Å². The van der Waals surface area contributed by atoms with E-state index >= 15 is 0 Å². The molecule has 116 valence electrons. The molecule has 4 rings (SSSR count). The molecule has 8 nitrogen and oxygen atoms in total. The van der Waals surface area contributed by atoms with Gasteiger partial charge in [0.15, 0.2) is 10.8 Å². The number of ether oxygens (including phenoxy) is 1. The summed E-state index contributed by atoms with van der Waals surface area (Å²) in [4.78, 5) is 31.2. The molecule has 2 aromatic rings. The number of hydrogen-bond acceptors (Lipinski definition) is 6. The van der Waals surface area contributed by atoms with Gasteiger partial charge in [-0.05, 0) is 0 Å². The molecule has 1 fully saturated rings. The zero-order valence-corrected chi connectivity index (χ0v) is 12.6. The van der Waals surface area contributed by atoms with Crippen molar-refractivity contribution in [2.75, 3.05) is 32.1 Å². The first kappa shape index (κ1) is 13.8. The molecule has 0 radical (unpaired) electrons. The van der Waals surface area contributed by atoms with Crippen molar-refractivity contribution in [2.45, 2.75) is 17.6 Å². The lowest BCUT2D eigenvalue weighted by Crippen LogP contribution is -2.42. The van der Waals surface area contributed by atoms with Crippen LogP contribution in [0.3, 0.4) is 0 Å². The molecule has 0 bridgehead atoms. The summed E-state index contributed by atoms with van der Waals surface area (Å²) < 4.78 is 6.90. The van der Waals surface area contributed by atoms with Gasteiger partial charge in [-0.25, -0.2) is 4.98 Å². The molecular formula is C13H15N5O3S. The molecule has 1 amide bonds. The fraction of sp³-hybridized carbons (Fsp3) is 0.538. The highest BCUT2D eigenvalue weighted by atomic mass is 32.2. The predicted octanol–water partition coefficient (Wildman–Crippen LogP) is 0.0153. The van der Waals surface area contributed by atoms with E-state index < -0.39 is 0 Å². The standard InChI is InChI=1S/C13H15N5O3S/c19-10(17-1-3-21-4-2-17)5-8-7-22-13-15-11-9(6-14-16-11)12(20)18(8)13/h6,8H,1-5,7H2,(H,14,16). The van der Waals surface area contributed by atoms with E-state index in [0.717, 1.165) is 0 Å². The van der Waals surface area contributed by atoms with Crippen LogP contribution in [0.15, 0.2) is 16.1 Å². The third-order valence-electron chi connectivity index (χ3n) is 4.03. The van der Waals surface area contributed by atoms with Gasteiger partial charge in [-0.3, -0.25) is 19.3 Å². The number of carbonyl (C=O) groups excluding carboxylic acids is 1. The van der Waals surface area contributed by atoms with E-state index in [4.69, 9.17) is 4.74 Å². The quantitative estimate of drug-likeness (QED) is 0.784. The highest BCUT2D eigenvalue weighted by Crippen LogP contribution is 2.33. The van der Waals surface area contributed by atoms with E-state index in [1.54, 1.807) is 9.47 Å². The fourth-order valence-electron chi connectivity index (χ4n) is 2.85. The first-order valence-corrected chi connectivity index (χ1v) is 8.16. The first-order chi connectivity index (χ1) is 10.7. The number of thioether (sulfide) groups is 1. The maximum atomic E-state index is 12.6. The van der Waals surface area contributed by atoms with Crippen LogP contribution < -0.4 is 5.56 Å². The van der Waals surface area contributed by atoms with Crippen molar-refractivity contribution in [3.8, 4) is 0 Å². The summed E-state index contributed by atoms with van der Waals surface area (Å²) in [5, 5.41) is 7.71. The number of morpholine rings is 1. The Morgan fingerprint density at radius 3 is 3.09 bits per heavy atom. The molecule has 0 aliphatic carbocycles. The Kier molecular flexibility index (Phi) is 3.38. The summed E-state index contributed by atoms with van der Waals surface area (Å²) in [7, 11) is 0. The lowest BCUT2D eigenvalue weighted by Gasteiger charge is -2.28. The number of H-pyrrole nitrogens is 1. The number of nitrogens with one attached hydrogen (secondary N) is 1. The Bertz CT molecular complexity index is 780. The second kappa shape index (κ2) is 5.40. The normalized spacial score (nSPS) is 21.3. The molecule has 1 N–H and O–H groups in total. The number of fused-ring (bicyclic) bond motifs is 2. The van der Waals surface area contributed by atoms with E-state index in [-0.39, 0.29) is 17.5 Å². The summed E-state index contributed by atoms with van der Waals surface area (Å²) in [6, 6.07) is -0.144. The summed E-state index contributed by atoms with van der Waals surface area (Å²) in [5.74, 6) is 0.763. The highest BCUT2D eigenvalue weighted by molar-refractivity contribution is 7.99. The van der Waals surface area contributed by atoms with Crippen LogP contribution in [0, 0.1) is 0 Å². The number of aromatic nitrogens is 4. The minimum Gasteiger partial charge on any atom is -0.378 e. The topological polar surface area (TPSA) is 93.1 Å².